The lowest BCUT2D eigenvalue weighted by Crippen LogP contribution is -2.43. The molecular formula is C16H23ClN2O2. The lowest BCUT2D eigenvalue weighted by molar-refractivity contribution is -0.126. The highest BCUT2D eigenvalue weighted by Crippen LogP contribution is 2.38. The summed E-state index contributed by atoms with van der Waals surface area (Å²) in [5.41, 5.74) is 7.01. The lowest BCUT2D eigenvalue weighted by atomic mass is 9.73. The van der Waals surface area contributed by atoms with Crippen LogP contribution in [0.2, 0.25) is 5.02 Å². The molecule has 1 fully saturated rings. The minimum absolute atomic E-state index is 0.00952. The maximum Gasteiger partial charge on any atom is 0.231 e. The van der Waals surface area contributed by atoms with Gasteiger partial charge in [0.15, 0.2) is 0 Å². The van der Waals surface area contributed by atoms with Crippen LogP contribution < -0.4 is 15.8 Å². The van der Waals surface area contributed by atoms with Crippen LogP contribution in [0.15, 0.2) is 12.1 Å². The highest BCUT2D eigenvalue weighted by molar-refractivity contribution is 6.31. The third-order valence-electron chi connectivity index (χ3n) is 4.41. The Morgan fingerprint density at radius 2 is 2.05 bits per heavy atom. The monoisotopic (exact) mass is 310 g/mol. The fourth-order valence-electron chi connectivity index (χ4n) is 2.94. The van der Waals surface area contributed by atoms with Crippen molar-refractivity contribution in [3.8, 4) is 5.75 Å². The molecule has 0 bridgehead atoms. The minimum Gasteiger partial charge on any atom is -0.495 e. The van der Waals surface area contributed by atoms with Crippen LogP contribution in [-0.4, -0.2) is 19.6 Å². The van der Waals surface area contributed by atoms with Gasteiger partial charge in [0.25, 0.3) is 0 Å². The molecule has 3 N–H and O–H groups in total. The number of nitrogens with one attached hydrogen (secondary N) is 1. The molecule has 0 aliphatic heterocycles. The molecule has 1 amide bonds. The fraction of sp³-hybridized carbons (Fsp3) is 0.562. The molecule has 0 aromatic heterocycles. The van der Waals surface area contributed by atoms with Gasteiger partial charge in [0.1, 0.15) is 5.75 Å². The van der Waals surface area contributed by atoms with Gasteiger partial charge in [-0.1, -0.05) is 30.9 Å². The first kappa shape index (κ1) is 16.1. The van der Waals surface area contributed by atoms with Crippen LogP contribution >= 0.6 is 11.6 Å². The minimum atomic E-state index is -0.448. The number of methoxy groups -OCH3 is 1. The topological polar surface area (TPSA) is 64.3 Å². The second-order valence-corrected chi connectivity index (χ2v) is 6.21. The lowest BCUT2D eigenvalue weighted by Gasteiger charge is -2.34. The average Bonchev–Trinajstić information content (AvgIpc) is 2.51. The summed E-state index contributed by atoms with van der Waals surface area (Å²) in [5.74, 6) is 0.562. The standard InChI is InChI=1S/C16H23ClN2O2/c1-11-8-13(14(21-2)9-12(11)17)19-15(20)16(10-18)6-4-3-5-7-16/h8-9H,3-7,10,18H2,1-2H3,(H,19,20). The van der Waals surface area contributed by atoms with E-state index in [-0.39, 0.29) is 5.91 Å². The molecular weight excluding hydrogens is 288 g/mol. The SMILES string of the molecule is COc1cc(Cl)c(C)cc1NC(=O)C1(CN)CCCCC1. The summed E-state index contributed by atoms with van der Waals surface area (Å²) in [6, 6.07) is 3.56. The van der Waals surface area contributed by atoms with Crippen molar-refractivity contribution in [3.05, 3.63) is 22.7 Å². The number of halogens is 1. The normalized spacial score (nSPS) is 17.3. The molecule has 1 aliphatic rings. The molecule has 116 valence electrons. The molecule has 0 radical (unpaired) electrons. The van der Waals surface area contributed by atoms with E-state index in [0.717, 1.165) is 31.2 Å². The van der Waals surface area contributed by atoms with E-state index in [2.05, 4.69) is 5.32 Å². The first-order valence-electron chi connectivity index (χ1n) is 7.38. The summed E-state index contributed by atoms with van der Waals surface area (Å²) in [4.78, 5) is 12.7. The summed E-state index contributed by atoms with van der Waals surface area (Å²) in [7, 11) is 1.57. The molecule has 4 nitrogen and oxygen atoms in total. The number of hydrogen-bond donors (Lipinski definition) is 2. The number of anilines is 1. The van der Waals surface area contributed by atoms with Crippen LogP contribution in [0, 0.1) is 12.3 Å². The highest BCUT2D eigenvalue weighted by Gasteiger charge is 2.38. The number of amides is 1. The van der Waals surface area contributed by atoms with Crippen LogP contribution in [0.5, 0.6) is 5.75 Å². The molecule has 0 unspecified atom stereocenters. The molecule has 21 heavy (non-hydrogen) atoms. The number of aryl methyl sites for hydroxylation is 1. The Balaban J connectivity index is 2.24. The maximum absolute atomic E-state index is 12.7. The van der Waals surface area contributed by atoms with Crippen LogP contribution in [-0.2, 0) is 4.79 Å². The van der Waals surface area contributed by atoms with E-state index in [4.69, 9.17) is 22.1 Å². The van der Waals surface area contributed by atoms with Crippen LogP contribution in [0.1, 0.15) is 37.7 Å². The Kier molecular flexibility index (Phi) is 5.12. The molecule has 0 saturated heterocycles. The van der Waals surface area contributed by atoms with E-state index in [0.29, 0.717) is 23.0 Å². The van der Waals surface area contributed by atoms with Gasteiger partial charge in [0.2, 0.25) is 5.91 Å². The van der Waals surface area contributed by atoms with E-state index >= 15 is 0 Å². The number of hydrogen-bond acceptors (Lipinski definition) is 3. The van der Waals surface area contributed by atoms with Gasteiger partial charge >= 0.3 is 0 Å². The van der Waals surface area contributed by atoms with Gasteiger partial charge in [0, 0.05) is 17.6 Å². The molecule has 1 saturated carbocycles. The first-order chi connectivity index (χ1) is 10.0. The predicted octanol–water partition coefficient (Wildman–Crippen LogP) is 3.50. The van der Waals surface area contributed by atoms with Gasteiger partial charge in [0.05, 0.1) is 18.2 Å². The van der Waals surface area contributed by atoms with Crippen molar-refractivity contribution in [2.75, 3.05) is 19.0 Å². The van der Waals surface area contributed by atoms with Crippen molar-refractivity contribution < 1.29 is 9.53 Å². The van der Waals surface area contributed by atoms with Gasteiger partial charge in [-0.05, 0) is 31.4 Å². The van der Waals surface area contributed by atoms with Crippen LogP contribution in [0.4, 0.5) is 5.69 Å². The van der Waals surface area contributed by atoms with E-state index < -0.39 is 5.41 Å². The zero-order valence-corrected chi connectivity index (χ0v) is 13.4. The number of carbonyl (C=O) groups excluding carboxylic acids is 1. The average molecular weight is 311 g/mol. The molecule has 1 aliphatic carbocycles. The van der Waals surface area contributed by atoms with Gasteiger partial charge in [-0.2, -0.15) is 0 Å². The molecule has 0 heterocycles. The summed E-state index contributed by atoms with van der Waals surface area (Å²) in [5, 5.41) is 3.61. The Hall–Kier alpha value is -1.26. The van der Waals surface area contributed by atoms with E-state index in [1.54, 1.807) is 13.2 Å². The largest absolute Gasteiger partial charge is 0.495 e. The second kappa shape index (κ2) is 6.67. The van der Waals surface area contributed by atoms with Crippen molar-refractivity contribution in [1.82, 2.24) is 0 Å². The number of rotatable bonds is 4. The zero-order valence-electron chi connectivity index (χ0n) is 12.7. The molecule has 1 aromatic carbocycles. The number of nitrogens with two attached hydrogens (primary N) is 1. The predicted molar refractivity (Wildman–Crippen MR) is 85.9 cm³/mol. The zero-order chi connectivity index (χ0) is 15.5. The Morgan fingerprint density at radius 3 is 2.62 bits per heavy atom. The third kappa shape index (κ3) is 3.33. The van der Waals surface area contributed by atoms with Crippen molar-refractivity contribution in [2.45, 2.75) is 39.0 Å². The summed E-state index contributed by atoms with van der Waals surface area (Å²) in [6.07, 6.45) is 5.00. The van der Waals surface area contributed by atoms with Crippen molar-refractivity contribution in [2.24, 2.45) is 11.1 Å². The van der Waals surface area contributed by atoms with Gasteiger partial charge in [-0.15, -0.1) is 0 Å². The summed E-state index contributed by atoms with van der Waals surface area (Å²) >= 11 is 6.09. The fourth-order valence-corrected chi connectivity index (χ4v) is 3.09. The van der Waals surface area contributed by atoms with E-state index in [1.807, 2.05) is 13.0 Å². The number of benzene rings is 1. The van der Waals surface area contributed by atoms with Crippen molar-refractivity contribution in [1.29, 1.82) is 0 Å². The van der Waals surface area contributed by atoms with Crippen molar-refractivity contribution in [3.63, 3.8) is 0 Å². The van der Waals surface area contributed by atoms with Gasteiger partial charge in [-0.3, -0.25) is 4.79 Å². The second-order valence-electron chi connectivity index (χ2n) is 5.80. The van der Waals surface area contributed by atoms with Crippen molar-refractivity contribution >= 4 is 23.2 Å². The smallest absolute Gasteiger partial charge is 0.231 e. The summed E-state index contributed by atoms with van der Waals surface area (Å²) in [6.45, 7) is 2.28. The Morgan fingerprint density at radius 1 is 1.38 bits per heavy atom. The number of ether oxygens (including phenoxy) is 1. The number of carbonyl (C=O) groups is 1. The Bertz CT molecular complexity index is 525. The quantitative estimate of drug-likeness (QED) is 0.894. The molecule has 2 rings (SSSR count). The van der Waals surface area contributed by atoms with Crippen LogP contribution in [0.3, 0.4) is 0 Å². The molecule has 0 atom stereocenters. The summed E-state index contributed by atoms with van der Waals surface area (Å²) < 4.78 is 5.31. The van der Waals surface area contributed by atoms with E-state index in [9.17, 15) is 4.79 Å². The Labute approximate surface area is 131 Å². The van der Waals surface area contributed by atoms with Gasteiger partial charge in [-0.25, -0.2) is 0 Å². The first-order valence-corrected chi connectivity index (χ1v) is 7.76. The molecule has 1 aromatic rings. The van der Waals surface area contributed by atoms with Crippen LogP contribution in [0.25, 0.3) is 0 Å². The maximum atomic E-state index is 12.7. The highest BCUT2D eigenvalue weighted by atomic mass is 35.5. The molecule has 5 heteroatoms. The van der Waals surface area contributed by atoms with Gasteiger partial charge < -0.3 is 15.8 Å². The van der Waals surface area contributed by atoms with E-state index in [1.165, 1.54) is 6.42 Å². The molecule has 0 spiro atoms. The third-order valence-corrected chi connectivity index (χ3v) is 4.82.